The second-order valence-electron chi connectivity index (χ2n) is 4.54. The van der Waals surface area contributed by atoms with Gasteiger partial charge in [-0.2, -0.15) is 0 Å². The smallest absolute Gasteiger partial charge is 0.248 e. The summed E-state index contributed by atoms with van der Waals surface area (Å²) in [5.74, 6) is -0.777. The van der Waals surface area contributed by atoms with E-state index in [1.54, 1.807) is 13.8 Å². The van der Waals surface area contributed by atoms with Crippen molar-refractivity contribution in [1.29, 1.82) is 0 Å². The van der Waals surface area contributed by atoms with Crippen molar-refractivity contribution < 1.29 is 24.5 Å². The Morgan fingerprint density at radius 2 is 1.33 bits per heavy atom. The van der Waals surface area contributed by atoms with E-state index in [9.17, 15) is 9.59 Å². The van der Waals surface area contributed by atoms with Gasteiger partial charge in [0.05, 0.1) is 25.3 Å². The monoisotopic (exact) mass is 300 g/mol. The van der Waals surface area contributed by atoms with Gasteiger partial charge in [0.1, 0.15) is 13.5 Å². The number of amides is 2. The minimum absolute atomic E-state index is 0.187. The van der Waals surface area contributed by atoms with Gasteiger partial charge < -0.3 is 24.7 Å². The summed E-state index contributed by atoms with van der Waals surface area (Å²) >= 11 is 0. The predicted octanol–water partition coefficient (Wildman–Crippen LogP) is -0.291. The number of ether oxygens (including phenoxy) is 1. The van der Waals surface area contributed by atoms with E-state index in [4.69, 9.17) is 14.9 Å². The molecule has 7 nitrogen and oxygen atoms in total. The van der Waals surface area contributed by atoms with Crippen LogP contribution in [0.1, 0.15) is 13.8 Å². The van der Waals surface area contributed by atoms with E-state index < -0.39 is 13.5 Å². The summed E-state index contributed by atoms with van der Waals surface area (Å²) in [7, 11) is 0. The quantitative estimate of drug-likeness (QED) is 0.427. The topological polar surface area (TPSA) is 90.3 Å². The van der Waals surface area contributed by atoms with Gasteiger partial charge in [-0.05, 0) is 26.0 Å². The lowest BCUT2D eigenvalue weighted by Crippen LogP contribution is -2.43. The molecule has 0 saturated heterocycles. The molecule has 21 heavy (non-hydrogen) atoms. The van der Waals surface area contributed by atoms with Crippen LogP contribution < -0.4 is 0 Å². The third kappa shape index (κ3) is 6.07. The van der Waals surface area contributed by atoms with E-state index in [2.05, 4.69) is 13.2 Å². The van der Waals surface area contributed by atoms with Crippen molar-refractivity contribution >= 4 is 11.8 Å². The fourth-order valence-electron chi connectivity index (χ4n) is 1.68. The van der Waals surface area contributed by atoms with Crippen LogP contribution in [0.4, 0.5) is 0 Å². The molecule has 2 amide bonds. The Kier molecular flexibility index (Phi) is 9.27. The first-order chi connectivity index (χ1) is 9.92. The van der Waals surface area contributed by atoms with Crippen molar-refractivity contribution in [3.05, 3.63) is 25.3 Å². The zero-order valence-corrected chi connectivity index (χ0v) is 12.6. The average molecular weight is 300 g/mol. The summed E-state index contributed by atoms with van der Waals surface area (Å²) in [6.45, 7) is 9.68. The predicted molar refractivity (Wildman–Crippen MR) is 78.0 cm³/mol. The molecule has 2 unspecified atom stereocenters. The van der Waals surface area contributed by atoms with E-state index in [-0.39, 0.29) is 37.1 Å². The lowest BCUT2D eigenvalue weighted by atomic mass is 10.3. The molecule has 0 aromatic heterocycles. The van der Waals surface area contributed by atoms with Crippen LogP contribution in [-0.2, 0) is 14.3 Å². The van der Waals surface area contributed by atoms with Crippen LogP contribution in [0.5, 0.6) is 0 Å². The van der Waals surface area contributed by atoms with Crippen LogP contribution in [0, 0.1) is 0 Å². The lowest BCUT2D eigenvalue weighted by Gasteiger charge is -2.28. The maximum atomic E-state index is 11.5. The van der Waals surface area contributed by atoms with Crippen molar-refractivity contribution in [2.45, 2.75) is 25.9 Å². The summed E-state index contributed by atoms with van der Waals surface area (Å²) in [6.07, 6.45) is 2.23. The number of nitrogens with zero attached hydrogens (tertiary/aromatic N) is 2. The molecular weight excluding hydrogens is 276 g/mol. The standard InChI is InChI=1S/C14H24N2O5/c1-5-13(19)15(9-17)11(3)7-21-8-12(4)16(10-18)14(20)6-2/h5-6,11-12,17-18H,1-2,7-10H2,3-4H3. The van der Waals surface area contributed by atoms with Crippen molar-refractivity contribution in [2.24, 2.45) is 0 Å². The molecule has 0 fully saturated rings. The SMILES string of the molecule is C=CC(=O)N(CO)C(C)COCC(C)N(CO)C(=O)C=C. The third-order valence-corrected chi connectivity index (χ3v) is 3.00. The molecule has 0 aromatic carbocycles. The van der Waals surface area contributed by atoms with Crippen LogP contribution >= 0.6 is 0 Å². The highest BCUT2D eigenvalue weighted by Gasteiger charge is 2.20. The molecule has 0 heterocycles. The molecular formula is C14H24N2O5. The zero-order chi connectivity index (χ0) is 16.4. The van der Waals surface area contributed by atoms with Crippen LogP contribution in [-0.4, -0.2) is 70.6 Å². The Hall–Kier alpha value is -1.70. The molecule has 0 spiro atoms. The van der Waals surface area contributed by atoms with Crippen molar-refractivity contribution in [1.82, 2.24) is 9.80 Å². The molecule has 120 valence electrons. The highest BCUT2D eigenvalue weighted by molar-refractivity contribution is 5.87. The van der Waals surface area contributed by atoms with Gasteiger partial charge in [-0.3, -0.25) is 9.59 Å². The first kappa shape index (κ1) is 19.3. The van der Waals surface area contributed by atoms with Gasteiger partial charge in [-0.15, -0.1) is 0 Å². The molecule has 0 bridgehead atoms. The maximum absolute atomic E-state index is 11.5. The van der Waals surface area contributed by atoms with Gasteiger partial charge in [0.25, 0.3) is 0 Å². The minimum atomic E-state index is -0.428. The van der Waals surface area contributed by atoms with Crippen molar-refractivity contribution in [3.8, 4) is 0 Å². The average Bonchev–Trinajstić information content (AvgIpc) is 2.48. The molecule has 0 aliphatic carbocycles. The summed E-state index contributed by atoms with van der Waals surface area (Å²) in [5, 5.41) is 18.3. The van der Waals surface area contributed by atoms with Crippen LogP contribution in [0.15, 0.2) is 25.3 Å². The first-order valence-electron chi connectivity index (χ1n) is 6.58. The molecule has 0 aliphatic rings. The normalized spacial score (nSPS) is 13.1. The molecule has 2 N–H and O–H groups in total. The van der Waals surface area contributed by atoms with E-state index in [0.717, 1.165) is 12.2 Å². The fraction of sp³-hybridized carbons (Fsp3) is 0.571. The summed E-state index contributed by atoms with van der Waals surface area (Å²) in [4.78, 5) is 25.3. The van der Waals surface area contributed by atoms with E-state index in [0.29, 0.717) is 0 Å². The highest BCUT2D eigenvalue weighted by atomic mass is 16.5. The van der Waals surface area contributed by atoms with Crippen molar-refractivity contribution in [3.63, 3.8) is 0 Å². The number of carbonyl (C=O) groups excluding carboxylic acids is 2. The second kappa shape index (κ2) is 10.1. The Morgan fingerprint density at radius 3 is 1.57 bits per heavy atom. The Balaban J connectivity index is 4.34. The lowest BCUT2D eigenvalue weighted by molar-refractivity contribution is -0.135. The molecule has 0 aliphatic heterocycles. The van der Waals surface area contributed by atoms with Crippen LogP contribution in [0.2, 0.25) is 0 Å². The third-order valence-electron chi connectivity index (χ3n) is 3.00. The molecule has 7 heteroatoms. The Morgan fingerprint density at radius 1 is 1.00 bits per heavy atom. The molecule has 0 saturated carbocycles. The zero-order valence-electron chi connectivity index (χ0n) is 12.6. The van der Waals surface area contributed by atoms with Gasteiger partial charge in [0, 0.05) is 0 Å². The molecule has 0 aromatic rings. The van der Waals surface area contributed by atoms with Crippen molar-refractivity contribution in [2.75, 3.05) is 26.7 Å². The number of rotatable bonds is 10. The largest absolute Gasteiger partial charge is 0.377 e. The first-order valence-corrected chi connectivity index (χ1v) is 6.58. The fourth-order valence-corrected chi connectivity index (χ4v) is 1.68. The van der Waals surface area contributed by atoms with Gasteiger partial charge >= 0.3 is 0 Å². The van der Waals surface area contributed by atoms with Gasteiger partial charge in [-0.1, -0.05) is 13.2 Å². The number of aliphatic hydroxyl groups is 2. The van der Waals surface area contributed by atoms with E-state index in [1.807, 2.05) is 0 Å². The van der Waals surface area contributed by atoms with E-state index >= 15 is 0 Å². The summed E-state index contributed by atoms with van der Waals surface area (Å²) in [5.41, 5.74) is 0. The van der Waals surface area contributed by atoms with Gasteiger partial charge in [0.15, 0.2) is 0 Å². The number of carbonyl (C=O) groups is 2. The molecule has 2 atom stereocenters. The summed E-state index contributed by atoms with van der Waals surface area (Å²) < 4.78 is 5.43. The Labute approximate surface area is 125 Å². The maximum Gasteiger partial charge on any atom is 0.248 e. The van der Waals surface area contributed by atoms with Crippen LogP contribution in [0.3, 0.4) is 0 Å². The van der Waals surface area contributed by atoms with Gasteiger partial charge in [-0.25, -0.2) is 0 Å². The van der Waals surface area contributed by atoms with Crippen LogP contribution in [0.25, 0.3) is 0 Å². The molecule has 0 rings (SSSR count). The van der Waals surface area contributed by atoms with Gasteiger partial charge in [0.2, 0.25) is 11.8 Å². The minimum Gasteiger partial charge on any atom is -0.377 e. The molecule has 0 radical (unpaired) electrons. The Bertz CT molecular complexity index is 338. The number of hydrogen-bond acceptors (Lipinski definition) is 5. The van der Waals surface area contributed by atoms with E-state index in [1.165, 1.54) is 9.80 Å². The highest BCUT2D eigenvalue weighted by Crippen LogP contribution is 2.04. The number of aliphatic hydroxyl groups excluding tert-OH is 2. The second-order valence-corrected chi connectivity index (χ2v) is 4.54. The number of hydrogen-bond donors (Lipinski definition) is 2. The summed E-state index contributed by atoms with van der Waals surface area (Å²) in [6, 6.07) is -0.684.